The Hall–Kier alpha value is -2.13. The van der Waals surface area contributed by atoms with Crippen LogP contribution < -0.4 is 5.73 Å². The van der Waals surface area contributed by atoms with Crippen LogP contribution in [-0.4, -0.2) is 9.97 Å². The van der Waals surface area contributed by atoms with Crippen molar-refractivity contribution in [3.05, 3.63) is 53.7 Å². The van der Waals surface area contributed by atoms with E-state index in [2.05, 4.69) is 9.97 Å². The van der Waals surface area contributed by atoms with Crippen molar-refractivity contribution in [2.45, 2.75) is 0 Å². The van der Waals surface area contributed by atoms with Crippen LogP contribution in [0.1, 0.15) is 0 Å². The highest BCUT2D eigenvalue weighted by atomic mass is 35.5. The minimum absolute atomic E-state index is 0.443. The highest BCUT2D eigenvalue weighted by Gasteiger charge is 2.09. The van der Waals surface area contributed by atoms with Gasteiger partial charge in [-0.15, -0.1) is 0 Å². The number of benzene rings is 2. The molecule has 0 saturated carbocycles. The van der Waals surface area contributed by atoms with E-state index in [0.29, 0.717) is 16.7 Å². The predicted octanol–water partition coefficient (Wildman–Crippen LogP) is 3.53. The van der Waals surface area contributed by atoms with Crippen LogP contribution in [-0.2, 0) is 0 Å². The molecule has 4 heteroatoms. The van der Waals surface area contributed by atoms with Crippen LogP contribution in [0.3, 0.4) is 0 Å². The van der Waals surface area contributed by atoms with Gasteiger partial charge in [-0.3, -0.25) is 0 Å². The van der Waals surface area contributed by atoms with Gasteiger partial charge in [-0.1, -0.05) is 35.9 Å². The average Bonchev–Trinajstić information content (AvgIpc) is 2.39. The van der Waals surface area contributed by atoms with Crippen molar-refractivity contribution in [1.29, 1.82) is 0 Å². The molecule has 0 aliphatic carbocycles. The Morgan fingerprint density at radius 1 is 0.889 bits per heavy atom. The summed E-state index contributed by atoms with van der Waals surface area (Å²) in [5.41, 5.74) is 8.18. The number of para-hydroxylation sites is 2. The van der Waals surface area contributed by atoms with E-state index in [4.69, 9.17) is 17.3 Å². The molecule has 1 heterocycles. The van der Waals surface area contributed by atoms with Crippen LogP contribution in [0.25, 0.3) is 22.3 Å². The van der Waals surface area contributed by atoms with Crippen molar-refractivity contribution in [2.24, 2.45) is 0 Å². The van der Waals surface area contributed by atoms with Gasteiger partial charge in [0.25, 0.3) is 0 Å². The van der Waals surface area contributed by atoms with E-state index >= 15 is 0 Å². The lowest BCUT2D eigenvalue weighted by atomic mass is 10.1. The van der Waals surface area contributed by atoms with Gasteiger partial charge in [-0.2, -0.15) is 0 Å². The number of halogens is 1. The number of rotatable bonds is 1. The molecule has 88 valence electrons. The molecule has 0 saturated heterocycles. The summed E-state index contributed by atoms with van der Waals surface area (Å²) in [6.45, 7) is 0. The molecule has 0 spiro atoms. The van der Waals surface area contributed by atoms with Crippen LogP contribution in [0.5, 0.6) is 0 Å². The van der Waals surface area contributed by atoms with Gasteiger partial charge >= 0.3 is 0 Å². The topological polar surface area (TPSA) is 51.8 Å². The third-order valence-corrected chi connectivity index (χ3v) is 3.05. The zero-order chi connectivity index (χ0) is 12.5. The smallest absolute Gasteiger partial charge is 0.163 e. The summed E-state index contributed by atoms with van der Waals surface area (Å²) in [4.78, 5) is 8.80. The molecule has 0 atom stereocenters. The number of nitrogens with zero attached hydrogens (tertiary/aromatic N) is 2. The number of hydrogen-bond donors (Lipinski definition) is 1. The van der Waals surface area contributed by atoms with Crippen molar-refractivity contribution >= 4 is 28.2 Å². The lowest BCUT2D eigenvalue weighted by Crippen LogP contribution is -1.95. The van der Waals surface area contributed by atoms with E-state index in [1.165, 1.54) is 0 Å². The fourth-order valence-corrected chi connectivity index (χ4v) is 2.10. The van der Waals surface area contributed by atoms with Crippen LogP contribution in [0.2, 0.25) is 5.15 Å². The fraction of sp³-hybridized carbons (Fsp3) is 0. The van der Waals surface area contributed by atoms with Crippen LogP contribution in [0, 0.1) is 0 Å². The molecular weight excluding hydrogens is 246 g/mol. The largest absolute Gasteiger partial charge is 0.398 e. The van der Waals surface area contributed by atoms with Crippen LogP contribution in [0.4, 0.5) is 5.69 Å². The molecule has 3 rings (SSSR count). The zero-order valence-electron chi connectivity index (χ0n) is 9.47. The van der Waals surface area contributed by atoms with Crippen molar-refractivity contribution in [3.8, 4) is 11.4 Å². The number of nitrogens with two attached hydrogens (primary N) is 1. The molecule has 3 aromatic rings. The minimum Gasteiger partial charge on any atom is -0.398 e. The van der Waals surface area contributed by atoms with Gasteiger partial charge in [-0.05, 0) is 24.3 Å². The van der Waals surface area contributed by atoms with Crippen molar-refractivity contribution < 1.29 is 0 Å². The molecule has 3 nitrogen and oxygen atoms in total. The number of aromatic nitrogens is 2. The first-order valence-electron chi connectivity index (χ1n) is 5.53. The normalized spacial score (nSPS) is 10.7. The summed E-state index contributed by atoms with van der Waals surface area (Å²) < 4.78 is 0. The Bertz CT molecular complexity index is 725. The maximum atomic E-state index is 6.17. The minimum atomic E-state index is 0.443. The SMILES string of the molecule is Nc1ccccc1-c1nc(Cl)c2ccccc2n1. The maximum Gasteiger partial charge on any atom is 0.163 e. The second-order valence-corrected chi connectivity index (χ2v) is 4.30. The molecule has 0 radical (unpaired) electrons. The molecule has 18 heavy (non-hydrogen) atoms. The summed E-state index contributed by atoms with van der Waals surface area (Å²) in [5, 5.41) is 1.29. The van der Waals surface area contributed by atoms with Crippen molar-refractivity contribution in [2.75, 3.05) is 5.73 Å². The summed E-state index contributed by atoms with van der Waals surface area (Å²) >= 11 is 6.17. The third-order valence-electron chi connectivity index (χ3n) is 2.76. The first kappa shape index (κ1) is 11.0. The summed E-state index contributed by atoms with van der Waals surface area (Å²) in [7, 11) is 0. The van der Waals surface area contributed by atoms with Crippen LogP contribution in [0.15, 0.2) is 48.5 Å². The van der Waals surface area contributed by atoms with Gasteiger partial charge in [0, 0.05) is 16.6 Å². The van der Waals surface area contributed by atoms with E-state index in [9.17, 15) is 0 Å². The first-order chi connectivity index (χ1) is 8.75. The monoisotopic (exact) mass is 255 g/mol. The van der Waals surface area contributed by atoms with Crippen molar-refractivity contribution in [1.82, 2.24) is 9.97 Å². The number of fused-ring (bicyclic) bond motifs is 1. The first-order valence-corrected chi connectivity index (χ1v) is 5.90. The van der Waals surface area contributed by atoms with E-state index in [1.807, 2.05) is 48.5 Å². The number of hydrogen-bond acceptors (Lipinski definition) is 3. The quantitative estimate of drug-likeness (QED) is 0.535. The Morgan fingerprint density at radius 3 is 2.44 bits per heavy atom. The van der Waals surface area contributed by atoms with Crippen molar-refractivity contribution in [3.63, 3.8) is 0 Å². The third kappa shape index (κ3) is 1.79. The Balaban J connectivity index is 2.28. The lowest BCUT2D eigenvalue weighted by Gasteiger charge is -2.06. The predicted molar refractivity (Wildman–Crippen MR) is 74.4 cm³/mol. The standard InChI is InChI=1S/C14H10ClN3/c15-13-10-6-2-4-8-12(10)17-14(18-13)9-5-1-3-7-11(9)16/h1-8H,16H2. The Kier molecular flexibility index (Phi) is 2.61. The number of anilines is 1. The van der Waals surface area contributed by atoms with Gasteiger partial charge in [0.1, 0.15) is 5.15 Å². The molecule has 0 amide bonds. The van der Waals surface area contributed by atoms with E-state index in [1.54, 1.807) is 0 Å². The average molecular weight is 256 g/mol. The molecule has 2 aromatic carbocycles. The molecule has 0 unspecified atom stereocenters. The van der Waals surface area contributed by atoms with Gasteiger partial charge in [0.05, 0.1) is 5.52 Å². The highest BCUT2D eigenvalue weighted by molar-refractivity contribution is 6.34. The van der Waals surface area contributed by atoms with Gasteiger partial charge in [0.15, 0.2) is 5.82 Å². The fourth-order valence-electron chi connectivity index (χ4n) is 1.86. The zero-order valence-corrected chi connectivity index (χ0v) is 10.2. The van der Waals surface area contributed by atoms with E-state index in [0.717, 1.165) is 16.5 Å². The van der Waals surface area contributed by atoms with Gasteiger partial charge < -0.3 is 5.73 Å². The van der Waals surface area contributed by atoms with E-state index in [-0.39, 0.29) is 0 Å². The molecule has 0 aliphatic rings. The highest BCUT2D eigenvalue weighted by Crippen LogP contribution is 2.27. The molecule has 0 aliphatic heterocycles. The molecule has 0 fully saturated rings. The lowest BCUT2D eigenvalue weighted by molar-refractivity contribution is 1.23. The maximum absolute atomic E-state index is 6.17. The second kappa shape index (κ2) is 4.27. The molecular formula is C14H10ClN3. The Morgan fingerprint density at radius 2 is 1.61 bits per heavy atom. The van der Waals surface area contributed by atoms with Gasteiger partial charge in [-0.25, -0.2) is 9.97 Å². The Labute approximate surface area is 109 Å². The summed E-state index contributed by atoms with van der Waals surface area (Å²) in [6.07, 6.45) is 0. The van der Waals surface area contributed by atoms with Gasteiger partial charge in [0.2, 0.25) is 0 Å². The van der Waals surface area contributed by atoms with E-state index < -0.39 is 0 Å². The second-order valence-electron chi connectivity index (χ2n) is 3.94. The molecule has 0 bridgehead atoms. The summed E-state index contributed by atoms with van der Waals surface area (Å²) in [6, 6.07) is 15.1. The number of nitrogen functional groups attached to an aromatic ring is 1. The summed E-state index contributed by atoms with van der Waals surface area (Å²) in [5.74, 6) is 0.553. The molecule has 1 aromatic heterocycles. The van der Waals surface area contributed by atoms with Crippen LogP contribution >= 0.6 is 11.6 Å². The molecule has 2 N–H and O–H groups in total.